The Labute approximate surface area is 148 Å². The Balaban J connectivity index is 1.57. The number of para-hydroxylation sites is 1. The van der Waals surface area contributed by atoms with E-state index in [2.05, 4.69) is 12.1 Å². The van der Waals surface area contributed by atoms with Gasteiger partial charge in [0.2, 0.25) is 0 Å². The highest BCUT2D eigenvalue weighted by Crippen LogP contribution is 2.22. The Morgan fingerprint density at radius 2 is 1.79 bits per heavy atom. The highest BCUT2D eigenvalue weighted by atomic mass is 32.2. The Hall–Kier alpha value is -1.94. The second-order valence-electron chi connectivity index (χ2n) is 5.75. The van der Waals surface area contributed by atoms with Gasteiger partial charge in [0, 0.05) is 23.4 Å². The fraction of sp³-hybridized carbons (Fsp3) is 0.350. The van der Waals surface area contributed by atoms with E-state index in [1.165, 1.54) is 4.90 Å². The molecule has 0 heterocycles. The number of Topliss-reactive ketones (excluding diaryl/α,β-unsaturated/α-hetero) is 1. The first-order valence-corrected chi connectivity index (χ1v) is 9.29. The van der Waals surface area contributed by atoms with Crippen molar-refractivity contribution in [3.63, 3.8) is 0 Å². The van der Waals surface area contributed by atoms with Crippen molar-refractivity contribution in [2.24, 2.45) is 0 Å². The lowest BCUT2D eigenvalue weighted by molar-refractivity contribution is -0.118. The summed E-state index contributed by atoms with van der Waals surface area (Å²) in [4.78, 5) is 13.3. The molecule has 0 aliphatic carbocycles. The lowest BCUT2D eigenvalue weighted by atomic mass is 10.0. The maximum Gasteiger partial charge on any atom is 0.137 e. The highest BCUT2D eigenvalue weighted by Gasteiger charge is 2.06. The fourth-order valence-corrected chi connectivity index (χ4v) is 3.37. The molecule has 0 spiro atoms. The summed E-state index contributed by atoms with van der Waals surface area (Å²) in [6.07, 6.45) is 4.25. The minimum absolute atomic E-state index is 0.274. The van der Waals surface area contributed by atoms with Crippen molar-refractivity contribution in [1.29, 1.82) is 0 Å². The van der Waals surface area contributed by atoms with Crippen molar-refractivity contribution >= 4 is 23.2 Å². The normalized spacial score (nSPS) is 10.5. The van der Waals surface area contributed by atoms with Crippen molar-refractivity contribution in [1.82, 2.24) is 0 Å². The van der Waals surface area contributed by atoms with Gasteiger partial charge in [-0.15, -0.1) is 11.8 Å². The molecule has 4 heteroatoms. The molecule has 2 aromatic carbocycles. The van der Waals surface area contributed by atoms with E-state index < -0.39 is 0 Å². The Kier molecular flexibility index (Phi) is 7.69. The van der Waals surface area contributed by atoms with Gasteiger partial charge in [0.15, 0.2) is 0 Å². The molecule has 2 aromatic rings. The molecule has 0 fully saturated rings. The number of benzene rings is 2. The average Bonchev–Trinajstić information content (AvgIpc) is 2.60. The summed E-state index contributed by atoms with van der Waals surface area (Å²) >= 11 is 1.85. The summed E-state index contributed by atoms with van der Waals surface area (Å²) in [5.74, 6) is 2.24. The molecule has 0 radical (unpaired) electrons. The monoisotopic (exact) mass is 343 g/mol. The first kappa shape index (κ1) is 18.4. The molecule has 24 heavy (non-hydrogen) atoms. The topological polar surface area (TPSA) is 52.3 Å². The van der Waals surface area contributed by atoms with Crippen LogP contribution in [-0.2, 0) is 11.2 Å². The minimum atomic E-state index is 0.274. The molecule has 2 N–H and O–H groups in total. The van der Waals surface area contributed by atoms with Gasteiger partial charge in [0.1, 0.15) is 11.5 Å². The first-order chi connectivity index (χ1) is 11.7. The van der Waals surface area contributed by atoms with E-state index in [-0.39, 0.29) is 5.78 Å². The van der Waals surface area contributed by atoms with Crippen LogP contribution in [-0.4, -0.2) is 18.6 Å². The summed E-state index contributed by atoms with van der Waals surface area (Å²) in [6.45, 7) is 0. The molecule has 0 saturated heterocycles. The van der Waals surface area contributed by atoms with Crippen LogP contribution >= 0.6 is 11.8 Å². The molecule has 0 atom stereocenters. The predicted octanol–water partition coefficient (Wildman–Crippen LogP) is 4.74. The van der Waals surface area contributed by atoms with Gasteiger partial charge >= 0.3 is 0 Å². The quantitative estimate of drug-likeness (QED) is 0.384. The van der Waals surface area contributed by atoms with Gasteiger partial charge in [0.05, 0.1) is 7.11 Å². The van der Waals surface area contributed by atoms with Crippen LogP contribution in [0.4, 0.5) is 5.69 Å². The molecule has 0 aliphatic rings. The number of hydrogen-bond donors (Lipinski definition) is 1. The predicted molar refractivity (Wildman–Crippen MR) is 102 cm³/mol. The standard InChI is InChI=1S/C20H25NO2S/c1-23-18-10-12-19(13-11-18)24-14-6-2-3-8-17(22)15-16-7-4-5-9-20(16)21/h4-5,7,9-13H,2-3,6,8,14-15,21H2,1H3. The lowest BCUT2D eigenvalue weighted by Crippen LogP contribution is -2.05. The third kappa shape index (κ3) is 6.28. The van der Waals surface area contributed by atoms with E-state index in [4.69, 9.17) is 10.5 Å². The highest BCUT2D eigenvalue weighted by molar-refractivity contribution is 7.99. The number of nitrogens with two attached hydrogens (primary N) is 1. The zero-order valence-corrected chi connectivity index (χ0v) is 15.0. The summed E-state index contributed by atoms with van der Waals surface area (Å²) in [5.41, 5.74) is 7.53. The van der Waals surface area contributed by atoms with E-state index in [0.717, 1.165) is 36.3 Å². The molecule has 0 unspecified atom stereocenters. The number of ketones is 1. The molecule has 0 aliphatic heterocycles. The third-order valence-electron chi connectivity index (χ3n) is 3.87. The van der Waals surface area contributed by atoms with E-state index in [0.29, 0.717) is 18.5 Å². The van der Waals surface area contributed by atoms with E-state index in [1.54, 1.807) is 7.11 Å². The average molecular weight is 343 g/mol. The number of ether oxygens (including phenoxy) is 1. The molecule has 3 nitrogen and oxygen atoms in total. The molecule has 0 bridgehead atoms. The van der Waals surface area contributed by atoms with Crippen molar-refractivity contribution in [2.75, 3.05) is 18.6 Å². The second kappa shape index (κ2) is 10.0. The van der Waals surface area contributed by atoms with Gasteiger partial charge in [-0.1, -0.05) is 24.6 Å². The lowest BCUT2D eigenvalue weighted by Gasteiger charge is -2.05. The van der Waals surface area contributed by atoms with Gasteiger partial charge in [-0.05, 0) is 54.5 Å². The summed E-state index contributed by atoms with van der Waals surface area (Å²) in [5, 5.41) is 0. The number of methoxy groups -OCH3 is 1. The Morgan fingerprint density at radius 3 is 2.50 bits per heavy atom. The molecule has 0 saturated carbocycles. The number of carbonyl (C=O) groups is 1. The number of unbranched alkanes of at least 4 members (excludes halogenated alkanes) is 2. The Bertz CT molecular complexity index is 640. The molecule has 128 valence electrons. The van der Waals surface area contributed by atoms with Crippen molar-refractivity contribution in [2.45, 2.75) is 37.0 Å². The molecule has 0 amide bonds. The number of anilines is 1. The second-order valence-corrected chi connectivity index (χ2v) is 6.92. The van der Waals surface area contributed by atoms with Crippen LogP contribution in [0.25, 0.3) is 0 Å². The number of nitrogen functional groups attached to an aromatic ring is 1. The number of thioether (sulfide) groups is 1. The third-order valence-corrected chi connectivity index (χ3v) is 4.97. The Morgan fingerprint density at radius 1 is 1.04 bits per heavy atom. The maximum absolute atomic E-state index is 12.0. The van der Waals surface area contributed by atoms with Crippen molar-refractivity contribution in [3.8, 4) is 5.75 Å². The number of hydrogen-bond acceptors (Lipinski definition) is 4. The van der Waals surface area contributed by atoms with Crippen LogP contribution in [0.3, 0.4) is 0 Å². The van der Waals surface area contributed by atoms with Gasteiger partial charge in [-0.25, -0.2) is 0 Å². The van der Waals surface area contributed by atoms with E-state index >= 15 is 0 Å². The molecular weight excluding hydrogens is 318 g/mol. The minimum Gasteiger partial charge on any atom is -0.497 e. The largest absolute Gasteiger partial charge is 0.497 e. The van der Waals surface area contributed by atoms with E-state index in [1.807, 2.05) is 48.2 Å². The van der Waals surface area contributed by atoms with Crippen LogP contribution in [0, 0.1) is 0 Å². The summed E-state index contributed by atoms with van der Waals surface area (Å²) in [7, 11) is 1.68. The molecule has 2 rings (SSSR count). The van der Waals surface area contributed by atoms with Crippen LogP contribution < -0.4 is 10.5 Å². The SMILES string of the molecule is COc1ccc(SCCCCCC(=O)Cc2ccccc2N)cc1. The fourth-order valence-electron chi connectivity index (χ4n) is 2.46. The van der Waals surface area contributed by atoms with Crippen molar-refractivity contribution in [3.05, 3.63) is 54.1 Å². The van der Waals surface area contributed by atoms with E-state index in [9.17, 15) is 4.79 Å². The summed E-state index contributed by atoms with van der Waals surface area (Å²) < 4.78 is 5.15. The zero-order chi connectivity index (χ0) is 17.2. The van der Waals surface area contributed by atoms with Gasteiger partial charge in [0.25, 0.3) is 0 Å². The smallest absolute Gasteiger partial charge is 0.137 e. The van der Waals surface area contributed by atoms with Crippen LogP contribution in [0.1, 0.15) is 31.2 Å². The van der Waals surface area contributed by atoms with Gasteiger partial charge in [-0.2, -0.15) is 0 Å². The van der Waals surface area contributed by atoms with Crippen LogP contribution in [0.2, 0.25) is 0 Å². The van der Waals surface area contributed by atoms with Gasteiger partial charge < -0.3 is 10.5 Å². The van der Waals surface area contributed by atoms with Gasteiger partial charge in [-0.3, -0.25) is 4.79 Å². The number of rotatable bonds is 10. The van der Waals surface area contributed by atoms with Crippen LogP contribution in [0.5, 0.6) is 5.75 Å². The first-order valence-electron chi connectivity index (χ1n) is 8.31. The number of carbonyl (C=O) groups excluding carboxylic acids is 1. The zero-order valence-electron chi connectivity index (χ0n) is 14.2. The van der Waals surface area contributed by atoms with Crippen LogP contribution in [0.15, 0.2) is 53.4 Å². The summed E-state index contributed by atoms with van der Waals surface area (Å²) in [6, 6.07) is 15.7. The molecule has 0 aromatic heterocycles. The maximum atomic E-state index is 12.0. The van der Waals surface area contributed by atoms with Crippen molar-refractivity contribution < 1.29 is 9.53 Å². The molecular formula is C20H25NO2S.